The van der Waals surface area contributed by atoms with Crippen LogP contribution in [0, 0.1) is 0 Å². The van der Waals surface area contributed by atoms with E-state index in [4.69, 9.17) is 16.6 Å². The summed E-state index contributed by atoms with van der Waals surface area (Å²) in [6.07, 6.45) is 0. The Morgan fingerprint density at radius 2 is 1.25 bits per heavy atom. The molecule has 3 nitrogen and oxygen atoms in total. The number of aromatic nitrogens is 3. The molecule has 0 saturated carbocycles. The average molecular weight is 400 g/mol. The molecule has 134 valence electrons. The fourth-order valence-electron chi connectivity index (χ4n) is 3.19. The largest absolute Gasteiger partial charge is 0.226 e. The number of halogens is 1. The summed E-state index contributed by atoms with van der Waals surface area (Å²) in [5.74, 6) is 1.17. The van der Waals surface area contributed by atoms with Gasteiger partial charge in [-0.1, -0.05) is 72.8 Å². The Bertz CT molecular complexity index is 1260. The summed E-state index contributed by atoms with van der Waals surface area (Å²) < 4.78 is 1.20. The lowest BCUT2D eigenvalue weighted by atomic mass is 10.0. The van der Waals surface area contributed by atoms with Crippen LogP contribution >= 0.6 is 22.9 Å². The molecule has 0 amide bonds. The van der Waals surface area contributed by atoms with E-state index in [-0.39, 0.29) is 5.28 Å². The van der Waals surface area contributed by atoms with Crippen molar-refractivity contribution < 1.29 is 0 Å². The Kier molecular flexibility index (Phi) is 4.35. The fraction of sp³-hybridized carbons (Fsp3) is 0. The third kappa shape index (κ3) is 3.17. The Morgan fingerprint density at radius 3 is 2.07 bits per heavy atom. The van der Waals surface area contributed by atoms with Crippen molar-refractivity contribution in [1.82, 2.24) is 15.0 Å². The second-order valence-corrected chi connectivity index (χ2v) is 7.59. The van der Waals surface area contributed by atoms with Crippen molar-refractivity contribution in [2.75, 3.05) is 0 Å². The van der Waals surface area contributed by atoms with Gasteiger partial charge < -0.3 is 0 Å². The van der Waals surface area contributed by atoms with Gasteiger partial charge in [-0.05, 0) is 28.8 Å². The van der Waals surface area contributed by atoms with E-state index in [1.807, 2.05) is 42.5 Å². The van der Waals surface area contributed by atoms with Crippen molar-refractivity contribution in [2.45, 2.75) is 0 Å². The third-order valence-electron chi connectivity index (χ3n) is 4.58. The van der Waals surface area contributed by atoms with E-state index in [9.17, 15) is 0 Å². The highest BCUT2D eigenvalue weighted by Crippen LogP contribution is 2.33. The van der Waals surface area contributed by atoms with Crippen LogP contribution in [0.2, 0.25) is 5.28 Å². The predicted molar refractivity (Wildman–Crippen MR) is 117 cm³/mol. The molecular formula is C23H14ClN3S. The predicted octanol–water partition coefficient (Wildman–Crippen LogP) is 6.74. The first-order chi connectivity index (χ1) is 13.8. The van der Waals surface area contributed by atoms with Crippen molar-refractivity contribution in [3.8, 4) is 33.9 Å². The van der Waals surface area contributed by atoms with Gasteiger partial charge >= 0.3 is 0 Å². The molecule has 0 bridgehead atoms. The molecule has 0 aliphatic carbocycles. The van der Waals surface area contributed by atoms with Crippen LogP contribution in [0.15, 0.2) is 84.2 Å². The topological polar surface area (TPSA) is 38.7 Å². The minimum atomic E-state index is 0.197. The van der Waals surface area contributed by atoms with E-state index in [1.165, 1.54) is 10.3 Å². The molecule has 0 fully saturated rings. The van der Waals surface area contributed by atoms with E-state index >= 15 is 0 Å². The Balaban J connectivity index is 1.56. The molecule has 0 unspecified atom stereocenters. The number of benzene rings is 3. The molecule has 3 aromatic carbocycles. The number of rotatable bonds is 3. The van der Waals surface area contributed by atoms with Gasteiger partial charge in [0.15, 0.2) is 11.6 Å². The number of nitrogens with zero attached hydrogens (tertiary/aromatic N) is 3. The maximum atomic E-state index is 6.24. The minimum absolute atomic E-state index is 0.197. The van der Waals surface area contributed by atoms with Crippen molar-refractivity contribution in [1.29, 1.82) is 0 Å². The lowest BCUT2D eigenvalue weighted by Crippen LogP contribution is -1.96. The summed E-state index contributed by atoms with van der Waals surface area (Å²) >= 11 is 7.91. The van der Waals surface area contributed by atoms with E-state index in [0.29, 0.717) is 11.6 Å². The van der Waals surface area contributed by atoms with Gasteiger partial charge in [0, 0.05) is 26.6 Å². The zero-order chi connectivity index (χ0) is 18.9. The van der Waals surface area contributed by atoms with Gasteiger partial charge in [0.25, 0.3) is 0 Å². The van der Waals surface area contributed by atoms with Crippen LogP contribution in [0.1, 0.15) is 0 Å². The molecule has 0 radical (unpaired) electrons. The first-order valence-electron chi connectivity index (χ1n) is 8.82. The molecule has 28 heavy (non-hydrogen) atoms. The zero-order valence-corrected chi connectivity index (χ0v) is 16.3. The van der Waals surface area contributed by atoms with E-state index in [1.54, 1.807) is 11.3 Å². The first kappa shape index (κ1) is 17.0. The minimum Gasteiger partial charge on any atom is -0.208 e. The highest BCUT2D eigenvalue weighted by Gasteiger charge is 2.13. The molecule has 0 aliphatic rings. The second kappa shape index (κ2) is 7.15. The second-order valence-electron chi connectivity index (χ2n) is 6.34. The molecule has 5 heteroatoms. The van der Waals surface area contributed by atoms with Crippen molar-refractivity contribution in [3.63, 3.8) is 0 Å². The molecule has 2 heterocycles. The number of fused-ring (bicyclic) bond motifs is 1. The first-order valence-corrected chi connectivity index (χ1v) is 10.1. The van der Waals surface area contributed by atoms with E-state index < -0.39 is 0 Å². The Morgan fingerprint density at radius 1 is 0.607 bits per heavy atom. The van der Waals surface area contributed by atoms with Crippen LogP contribution in [-0.4, -0.2) is 15.0 Å². The highest BCUT2D eigenvalue weighted by molar-refractivity contribution is 7.17. The summed E-state index contributed by atoms with van der Waals surface area (Å²) in [5.41, 5.74) is 4.21. The molecular weight excluding hydrogens is 386 g/mol. The van der Waals surface area contributed by atoms with Gasteiger partial charge in [0.1, 0.15) is 0 Å². The van der Waals surface area contributed by atoms with Crippen LogP contribution in [0.5, 0.6) is 0 Å². The van der Waals surface area contributed by atoms with Gasteiger partial charge in [-0.25, -0.2) is 4.98 Å². The summed E-state index contributed by atoms with van der Waals surface area (Å²) in [4.78, 5) is 13.4. The molecule has 0 atom stereocenters. The molecule has 0 aliphatic heterocycles. The van der Waals surface area contributed by atoms with E-state index in [0.717, 1.165) is 22.1 Å². The quantitative estimate of drug-likeness (QED) is 0.337. The summed E-state index contributed by atoms with van der Waals surface area (Å²) in [6, 6.07) is 26.7. The normalized spacial score (nSPS) is 11.0. The molecule has 2 aromatic heterocycles. The smallest absolute Gasteiger partial charge is 0.208 e. The Labute approximate surface area is 171 Å². The highest BCUT2D eigenvalue weighted by atomic mass is 35.5. The lowest BCUT2D eigenvalue weighted by Gasteiger charge is -2.06. The zero-order valence-electron chi connectivity index (χ0n) is 14.7. The van der Waals surface area contributed by atoms with Gasteiger partial charge in [-0.15, -0.1) is 11.3 Å². The maximum absolute atomic E-state index is 6.24. The third-order valence-corrected chi connectivity index (χ3v) is 5.71. The lowest BCUT2D eigenvalue weighted by molar-refractivity contribution is 1.07. The summed E-state index contributed by atoms with van der Waals surface area (Å²) in [5, 5.41) is 3.39. The average Bonchev–Trinajstić information content (AvgIpc) is 3.18. The number of hydrogen-bond donors (Lipinski definition) is 0. The van der Waals surface area contributed by atoms with Crippen LogP contribution in [0.3, 0.4) is 0 Å². The summed E-state index contributed by atoms with van der Waals surface area (Å²) in [7, 11) is 0. The van der Waals surface area contributed by atoms with Crippen molar-refractivity contribution in [3.05, 3.63) is 89.5 Å². The van der Waals surface area contributed by atoms with Crippen molar-refractivity contribution in [2.24, 2.45) is 0 Å². The van der Waals surface area contributed by atoms with Gasteiger partial charge in [0.05, 0.1) is 0 Å². The van der Waals surface area contributed by atoms with E-state index in [2.05, 4.69) is 51.7 Å². The molecule has 0 saturated heterocycles. The van der Waals surface area contributed by atoms with Gasteiger partial charge in [-0.3, -0.25) is 0 Å². The van der Waals surface area contributed by atoms with Crippen LogP contribution in [0.25, 0.3) is 44.0 Å². The molecule has 5 rings (SSSR count). The number of hydrogen-bond acceptors (Lipinski definition) is 4. The van der Waals surface area contributed by atoms with Crippen LogP contribution < -0.4 is 0 Å². The molecule has 5 aromatic rings. The fourth-order valence-corrected chi connectivity index (χ4v) is 4.29. The van der Waals surface area contributed by atoms with Crippen LogP contribution in [0.4, 0.5) is 0 Å². The summed E-state index contributed by atoms with van der Waals surface area (Å²) in [6.45, 7) is 0. The van der Waals surface area contributed by atoms with Gasteiger partial charge in [0.2, 0.25) is 5.28 Å². The SMILES string of the molecule is Clc1nc(-c2ccc(-c3ccccc3)cc2)nc(-c2csc3ccccc23)n1. The van der Waals surface area contributed by atoms with Crippen LogP contribution in [-0.2, 0) is 0 Å². The van der Waals surface area contributed by atoms with Gasteiger partial charge in [-0.2, -0.15) is 9.97 Å². The maximum Gasteiger partial charge on any atom is 0.226 e. The number of thiophene rings is 1. The Hall–Kier alpha value is -3.08. The monoisotopic (exact) mass is 399 g/mol. The molecule has 0 N–H and O–H groups in total. The standard InChI is InChI=1S/C23H14ClN3S/c24-23-26-21(17-12-10-16(11-13-17)15-6-2-1-3-7-15)25-22(27-23)19-14-28-20-9-5-4-8-18(19)20/h1-14H. The molecule has 0 spiro atoms. The van der Waals surface area contributed by atoms with Crippen molar-refractivity contribution >= 4 is 33.0 Å².